The fourth-order valence-corrected chi connectivity index (χ4v) is 8.78. The minimum atomic E-state index is -0.0886. The molecule has 5 aromatic carbocycles. The van der Waals surface area contributed by atoms with Gasteiger partial charge in [0, 0.05) is 11.0 Å². The molecule has 0 atom stereocenters. The number of hydrogen-bond donors (Lipinski definition) is 0. The number of rotatable bonds is 4. The van der Waals surface area contributed by atoms with E-state index in [4.69, 9.17) is 0 Å². The fourth-order valence-electron chi connectivity index (χ4n) is 8.78. The molecule has 4 aliphatic rings. The lowest BCUT2D eigenvalue weighted by Gasteiger charge is -2.25. The van der Waals surface area contributed by atoms with Gasteiger partial charge in [-0.05, 0) is 127 Å². The van der Waals surface area contributed by atoms with Gasteiger partial charge in [-0.1, -0.05) is 129 Å². The normalized spacial score (nSPS) is 17.5. The van der Waals surface area contributed by atoms with Crippen molar-refractivity contribution in [2.45, 2.75) is 57.8 Å². The van der Waals surface area contributed by atoms with Gasteiger partial charge in [0.05, 0.1) is 0 Å². The van der Waals surface area contributed by atoms with Crippen LogP contribution in [0.15, 0.2) is 120 Å². The molecule has 0 spiro atoms. The Labute approximate surface area is 276 Å². The van der Waals surface area contributed by atoms with E-state index in [1.54, 1.807) is 0 Å². The van der Waals surface area contributed by atoms with Crippen LogP contribution in [0.25, 0.3) is 61.5 Å². The lowest BCUT2D eigenvalue weighted by molar-refractivity contribution is -0.112. The van der Waals surface area contributed by atoms with Gasteiger partial charge < -0.3 is 0 Å². The number of carbonyl (C=O) groups is 1. The molecule has 0 aromatic heterocycles. The molecule has 0 saturated carbocycles. The first kappa shape index (κ1) is 28.2. The number of carbonyl (C=O) groups excluding carboxylic acids is 1. The van der Waals surface area contributed by atoms with E-state index in [9.17, 15) is 4.79 Å². The zero-order valence-corrected chi connectivity index (χ0v) is 27.2. The predicted molar refractivity (Wildman–Crippen MR) is 199 cm³/mol. The standard InChI is InChI=1S/C46H38O/c1-46(2)40-23-13-12-22-38(40)44-33-17-7-6-16-32(33)39(28-41(44)46)43-36-20-10-8-18-34(36)42(35-19-9-11-21-37(35)43)29-24-26-31(27-25-29)45(47)30-14-4-3-5-15-30/h3-4,6-8,10,12-13,15-24,26,28H,5,9,11,14,25,27H2,1-2H3. The summed E-state index contributed by atoms with van der Waals surface area (Å²) in [5, 5.41) is 7.96. The highest BCUT2D eigenvalue weighted by Gasteiger charge is 2.37. The van der Waals surface area contributed by atoms with Crippen molar-refractivity contribution in [3.63, 3.8) is 0 Å². The predicted octanol–water partition coefficient (Wildman–Crippen LogP) is 10.3. The third-order valence-corrected chi connectivity index (χ3v) is 11.1. The summed E-state index contributed by atoms with van der Waals surface area (Å²) in [6.07, 6.45) is 21.0. The van der Waals surface area contributed by atoms with Gasteiger partial charge in [0.25, 0.3) is 0 Å². The molecule has 0 unspecified atom stereocenters. The van der Waals surface area contributed by atoms with Crippen molar-refractivity contribution >= 4 is 45.1 Å². The average Bonchev–Trinajstić information content (AvgIpc) is 3.36. The van der Waals surface area contributed by atoms with Gasteiger partial charge >= 0.3 is 0 Å². The zero-order chi connectivity index (χ0) is 31.7. The lowest BCUT2D eigenvalue weighted by atomic mass is 9.78. The van der Waals surface area contributed by atoms with E-state index in [0.717, 1.165) is 49.7 Å². The highest BCUT2D eigenvalue weighted by molar-refractivity contribution is 6.14. The van der Waals surface area contributed by atoms with Crippen LogP contribution in [0, 0.1) is 0 Å². The van der Waals surface area contributed by atoms with Gasteiger partial charge in [-0.3, -0.25) is 4.79 Å². The van der Waals surface area contributed by atoms with Crippen molar-refractivity contribution in [1.82, 2.24) is 0 Å². The zero-order valence-electron chi connectivity index (χ0n) is 27.2. The molecular formula is C46H38O. The van der Waals surface area contributed by atoms with Gasteiger partial charge in [-0.2, -0.15) is 0 Å². The maximum atomic E-state index is 13.3. The first-order chi connectivity index (χ1) is 23.0. The molecule has 1 heteroatoms. The molecule has 0 aliphatic heterocycles. The number of allylic oxidation sites excluding steroid dienone is 8. The van der Waals surface area contributed by atoms with E-state index in [0.29, 0.717) is 0 Å². The Bertz CT molecular complexity index is 2440. The second kappa shape index (κ2) is 10.8. The number of fused-ring (bicyclic) bond motifs is 7. The maximum absolute atomic E-state index is 13.3. The molecule has 228 valence electrons. The van der Waals surface area contributed by atoms with Crippen LogP contribution >= 0.6 is 0 Å². The van der Waals surface area contributed by atoms with Crippen LogP contribution in [-0.4, -0.2) is 5.78 Å². The van der Waals surface area contributed by atoms with Gasteiger partial charge in [-0.15, -0.1) is 0 Å². The van der Waals surface area contributed by atoms with Crippen LogP contribution in [0.2, 0.25) is 0 Å². The number of hydrogen-bond acceptors (Lipinski definition) is 1. The van der Waals surface area contributed by atoms with Gasteiger partial charge in [0.15, 0.2) is 5.78 Å². The summed E-state index contributed by atoms with van der Waals surface area (Å²) in [5.41, 5.74) is 12.7. The molecule has 0 fully saturated rings. The van der Waals surface area contributed by atoms with Gasteiger partial charge in [0.1, 0.15) is 0 Å². The van der Waals surface area contributed by atoms with E-state index >= 15 is 0 Å². The molecule has 0 saturated heterocycles. The van der Waals surface area contributed by atoms with E-state index in [-0.39, 0.29) is 11.2 Å². The van der Waals surface area contributed by atoms with E-state index in [2.05, 4.69) is 135 Å². The van der Waals surface area contributed by atoms with Crippen molar-refractivity contribution in [2.24, 2.45) is 0 Å². The Morgan fingerprint density at radius 3 is 1.96 bits per heavy atom. The second-order valence-corrected chi connectivity index (χ2v) is 14.0. The van der Waals surface area contributed by atoms with E-state index in [1.165, 1.54) is 76.5 Å². The topological polar surface area (TPSA) is 17.1 Å². The third-order valence-electron chi connectivity index (χ3n) is 11.1. The summed E-state index contributed by atoms with van der Waals surface area (Å²) in [6, 6.07) is 29.6. The summed E-state index contributed by atoms with van der Waals surface area (Å²) in [4.78, 5) is 13.3. The summed E-state index contributed by atoms with van der Waals surface area (Å²) in [6.45, 7) is 4.77. The van der Waals surface area contributed by atoms with Gasteiger partial charge in [-0.25, -0.2) is 0 Å². The Morgan fingerprint density at radius 1 is 0.596 bits per heavy atom. The molecule has 47 heavy (non-hydrogen) atoms. The Hall–Kier alpha value is -5.01. The van der Waals surface area contributed by atoms with E-state index < -0.39 is 0 Å². The third kappa shape index (κ3) is 4.26. The molecule has 4 aliphatic carbocycles. The molecule has 1 nitrogen and oxygen atoms in total. The molecule has 0 heterocycles. The molecule has 5 aromatic rings. The SMILES string of the molecule is CC1(C)c2ccccc2-c2c1cc(-c1c3c(c(C4=CC=C(C(=O)C5=CCC=CC5)CC4)c4ccccc14)=CCCC=3)c1ccccc21. The minimum absolute atomic E-state index is 0.0886. The summed E-state index contributed by atoms with van der Waals surface area (Å²) >= 11 is 0. The number of Topliss-reactive ketones (excluding diaryl/α,β-unsaturated/α-hetero) is 1. The lowest BCUT2D eigenvalue weighted by Crippen LogP contribution is -2.33. The van der Waals surface area contributed by atoms with Crippen molar-refractivity contribution in [3.05, 3.63) is 148 Å². The highest BCUT2D eigenvalue weighted by Crippen LogP contribution is 2.53. The van der Waals surface area contributed by atoms with Crippen molar-refractivity contribution in [3.8, 4) is 22.3 Å². The maximum Gasteiger partial charge on any atom is 0.185 e. The van der Waals surface area contributed by atoms with Crippen LogP contribution in [0.4, 0.5) is 0 Å². The molecule has 0 radical (unpaired) electrons. The highest BCUT2D eigenvalue weighted by atomic mass is 16.1. The van der Waals surface area contributed by atoms with Crippen LogP contribution in [0.1, 0.15) is 69.1 Å². The molecule has 9 rings (SSSR count). The molecule has 0 bridgehead atoms. The van der Waals surface area contributed by atoms with Crippen LogP contribution < -0.4 is 10.4 Å². The fraction of sp³-hybridized carbons (Fsp3) is 0.196. The summed E-state index contributed by atoms with van der Waals surface area (Å²) < 4.78 is 0. The number of ketones is 1. The minimum Gasteiger partial charge on any atom is -0.289 e. The molecular weight excluding hydrogens is 569 g/mol. The Balaban J connectivity index is 1.30. The first-order valence-electron chi connectivity index (χ1n) is 17.2. The summed E-state index contributed by atoms with van der Waals surface area (Å²) in [7, 11) is 0. The Kier molecular flexibility index (Phi) is 6.47. The summed E-state index contributed by atoms with van der Waals surface area (Å²) in [5.74, 6) is 0.223. The van der Waals surface area contributed by atoms with Gasteiger partial charge in [0.2, 0.25) is 0 Å². The van der Waals surface area contributed by atoms with Crippen LogP contribution in [0.3, 0.4) is 0 Å². The van der Waals surface area contributed by atoms with Crippen LogP contribution in [0.5, 0.6) is 0 Å². The van der Waals surface area contributed by atoms with Crippen molar-refractivity contribution in [1.29, 1.82) is 0 Å². The Morgan fingerprint density at radius 2 is 1.26 bits per heavy atom. The van der Waals surface area contributed by atoms with E-state index in [1.807, 2.05) is 0 Å². The average molecular weight is 607 g/mol. The molecule has 0 amide bonds. The first-order valence-corrected chi connectivity index (χ1v) is 17.2. The quantitative estimate of drug-likeness (QED) is 0.186. The molecule has 0 N–H and O–H groups in total. The monoisotopic (exact) mass is 606 g/mol. The van der Waals surface area contributed by atoms with Crippen molar-refractivity contribution < 1.29 is 4.79 Å². The smallest absolute Gasteiger partial charge is 0.185 e. The van der Waals surface area contributed by atoms with Crippen LogP contribution in [-0.2, 0) is 10.2 Å². The second-order valence-electron chi connectivity index (χ2n) is 14.0. The van der Waals surface area contributed by atoms with Crippen molar-refractivity contribution in [2.75, 3.05) is 0 Å². The number of benzene rings is 5. The largest absolute Gasteiger partial charge is 0.289 e.